The fraction of sp³-hybridized carbons (Fsp3) is 0.182. The summed E-state index contributed by atoms with van der Waals surface area (Å²) in [5.74, 6) is -0.0322. The Morgan fingerprint density at radius 2 is 1.91 bits per heavy atom. The van der Waals surface area contributed by atoms with Crippen LogP contribution in [0, 0.1) is 0 Å². The lowest BCUT2D eigenvalue weighted by atomic mass is 10.2. The molecule has 170 valence electrons. The van der Waals surface area contributed by atoms with Crippen LogP contribution < -0.4 is 24.3 Å². The van der Waals surface area contributed by atoms with Crippen LogP contribution in [0.1, 0.15) is 12.5 Å². The lowest BCUT2D eigenvalue weighted by Gasteiger charge is -2.12. The fourth-order valence-corrected chi connectivity index (χ4v) is 3.96. The molecule has 1 fully saturated rings. The van der Waals surface area contributed by atoms with Crippen LogP contribution in [0.3, 0.4) is 0 Å². The maximum atomic E-state index is 12.7. The summed E-state index contributed by atoms with van der Waals surface area (Å²) in [6, 6.07) is 9.59. The summed E-state index contributed by atoms with van der Waals surface area (Å²) in [4.78, 5) is 49.7. The number of thioether (sulfide) groups is 1. The van der Waals surface area contributed by atoms with E-state index in [2.05, 4.69) is 5.32 Å². The summed E-state index contributed by atoms with van der Waals surface area (Å²) in [5.41, 5.74) is 1.00. The Morgan fingerprint density at radius 3 is 2.67 bits per heavy atom. The minimum atomic E-state index is -0.589. The molecular formula is C22H18N2O8S. The van der Waals surface area contributed by atoms with Gasteiger partial charge in [-0.05, 0) is 47.7 Å². The highest BCUT2D eigenvalue weighted by molar-refractivity contribution is 8.18. The minimum absolute atomic E-state index is 0.105. The van der Waals surface area contributed by atoms with Crippen LogP contribution in [0.2, 0.25) is 0 Å². The Hall–Kier alpha value is -3.99. The molecule has 0 aliphatic carbocycles. The molecule has 0 radical (unpaired) electrons. The Morgan fingerprint density at radius 1 is 1.12 bits per heavy atom. The van der Waals surface area contributed by atoms with Crippen LogP contribution in [-0.2, 0) is 14.4 Å². The SMILES string of the molecule is COc1cc(/C=C2\SC(=O)N(CC(=O)Nc3ccc4c(c3)OCO4)C2=O)ccc1OC(C)=O. The van der Waals surface area contributed by atoms with E-state index in [0.717, 1.165) is 16.7 Å². The zero-order chi connectivity index (χ0) is 23.5. The third-order valence-corrected chi connectivity index (χ3v) is 5.48. The number of fused-ring (bicyclic) bond motifs is 1. The van der Waals surface area contributed by atoms with E-state index in [1.54, 1.807) is 30.3 Å². The predicted octanol–water partition coefficient (Wildman–Crippen LogP) is 3.02. The van der Waals surface area contributed by atoms with Gasteiger partial charge >= 0.3 is 5.97 Å². The van der Waals surface area contributed by atoms with E-state index >= 15 is 0 Å². The number of hydrogen-bond donors (Lipinski definition) is 1. The third-order valence-electron chi connectivity index (χ3n) is 4.57. The number of carbonyl (C=O) groups is 4. The zero-order valence-electron chi connectivity index (χ0n) is 17.6. The molecular weight excluding hydrogens is 452 g/mol. The number of ether oxygens (including phenoxy) is 4. The number of esters is 1. The second-order valence-electron chi connectivity index (χ2n) is 6.89. The molecule has 2 aromatic rings. The van der Waals surface area contributed by atoms with Crippen molar-refractivity contribution in [2.75, 3.05) is 25.8 Å². The first-order chi connectivity index (χ1) is 15.8. The summed E-state index contributed by atoms with van der Waals surface area (Å²) in [6.45, 7) is 0.936. The quantitative estimate of drug-likeness (QED) is 0.386. The highest BCUT2D eigenvalue weighted by Gasteiger charge is 2.36. The number of rotatable bonds is 6. The Kier molecular flexibility index (Phi) is 6.22. The van der Waals surface area contributed by atoms with Gasteiger partial charge in [-0.1, -0.05) is 6.07 Å². The third kappa shape index (κ3) is 4.93. The molecule has 2 heterocycles. The van der Waals surface area contributed by atoms with Gasteiger partial charge in [-0.2, -0.15) is 0 Å². The fourth-order valence-electron chi connectivity index (χ4n) is 3.12. The molecule has 0 unspecified atom stereocenters. The number of methoxy groups -OCH3 is 1. The van der Waals surface area contributed by atoms with Gasteiger partial charge in [0, 0.05) is 18.7 Å². The maximum absolute atomic E-state index is 12.7. The Labute approximate surface area is 192 Å². The number of carbonyl (C=O) groups excluding carboxylic acids is 4. The first-order valence-corrected chi connectivity index (χ1v) is 10.5. The average molecular weight is 470 g/mol. The molecule has 0 bridgehead atoms. The monoisotopic (exact) mass is 470 g/mol. The van der Waals surface area contributed by atoms with E-state index in [9.17, 15) is 19.2 Å². The number of nitrogens with zero attached hydrogens (tertiary/aromatic N) is 1. The molecule has 0 atom stereocenters. The first kappa shape index (κ1) is 22.2. The van der Waals surface area contributed by atoms with Gasteiger partial charge in [-0.3, -0.25) is 24.1 Å². The molecule has 0 aromatic heterocycles. The van der Waals surface area contributed by atoms with Gasteiger partial charge in [0.25, 0.3) is 11.1 Å². The largest absolute Gasteiger partial charge is 0.493 e. The van der Waals surface area contributed by atoms with E-state index in [1.807, 2.05) is 0 Å². The van der Waals surface area contributed by atoms with Gasteiger partial charge in [0.1, 0.15) is 6.54 Å². The van der Waals surface area contributed by atoms with Crippen LogP contribution in [-0.4, -0.2) is 48.4 Å². The van der Waals surface area contributed by atoms with Crippen molar-refractivity contribution in [3.8, 4) is 23.0 Å². The molecule has 11 heteroatoms. The number of anilines is 1. The van der Waals surface area contributed by atoms with Crippen LogP contribution in [0.15, 0.2) is 41.3 Å². The summed E-state index contributed by atoms with van der Waals surface area (Å²) in [5, 5.41) is 2.07. The summed E-state index contributed by atoms with van der Waals surface area (Å²) in [7, 11) is 1.42. The zero-order valence-corrected chi connectivity index (χ0v) is 18.4. The van der Waals surface area contributed by atoms with E-state index in [0.29, 0.717) is 28.5 Å². The van der Waals surface area contributed by atoms with Gasteiger partial charge in [0.05, 0.1) is 12.0 Å². The van der Waals surface area contributed by atoms with E-state index in [4.69, 9.17) is 18.9 Å². The van der Waals surface area contributed by atoms with Crippen molar-refractivity contribution in [2.45, 2.75) is 6.92 Å². The van der Waals surface area contributed by atoms with Gasteiger partial charge in [-0.15, -0.1) is 0 Å². The molecule has 1 N–H and O–H groups in total. The van der Waals surface area contributed by atoms with Gasteiger partial charge in [-0.25, -0.2) is 0 Å². The first-order valence-electron chi connectivity index (χ1n) is 9.65. The summed E-state index contributed by atoms with van der Waals surface area (Å²) < 4.78 is 20.8. The normalized spacial score (nSPS) is 15.7. The summed E-state index contributed by atoms with van der Waals surface area (Å²) >= 11 is 0.725. The molecule has 33 heavy (non-hydrogen) atoms. The van der Waals surface area contributed by atoms with Crippen molar-refractivity contribution in [3.05, 3.63) is 46.9 Å². The Balaban J connectivity index is 1.44. The predicted molar refractivity (Wildman–Crippen MR) is 118 cm³/mol. The second-order valence-corrected chi connectivity index (χ2v) is 7.88. The van der Waals surface area contributed by atoms with E-state index in [1.165, 1.54) is 26.2 Å². The van der Waals surface area contributed by atoms with Crippen molar-refractivity contribution in [1.29, 1.82) is 0 Å². The molecule has 0 spiro atoms. The van der Waals surface area contributed by atoms with Crippen molar-refractivity contribution >= 4 is 46.5 Å². The lowest BCUT2D eigenvalue weighted by molar-refractivity contribution is -0.132. The number of benzene rings is 2. The molecule has 0 saturated carbocycles. The standard InChI is InChI=1S/C22H18N2O8S/c1-12(25)32-16-5-3-13(7-17(16)29-2)8-19-21(27)24(22(28)33-19)10-20(26)23-14-4-6-15-18(9-14)31-11-30-15/h3-9H,10-11H2,1-2H3,(H,23,26)/b19-8-. The number of imide groups is 1. The van der Waals surface area contributed by atoms with Crippen molar-refractivity contribution in [2.24, 2.45) is 0 Å². The van der Waals surface area contributed by atoms with Crippen molar-refractivity contribution in [1.82, 2.24) is 4.90 Å². The van der Waals surface area contributed by atoms with E-state index < -0.39 is 29.6 Å². The van der Waals surface area contributed by atoms with Gasteiger partial charge in [0.2, 0.25) is 12.7 Å². The van der Waals surface area contributed by atoms with Crippen LogP contribution in [0.25, 0.3) is 6.08 Å². The van der Waals surface area contributed by atoms with Gasteiger partial charge < -0.3 is 24.3 Å². The number of hydrogen-bond acceptors (Lipinski definition) is 9. The summed E-state index contributed by atoms with van der Waals surface area (Å²) in [6.07, 6.45) is 1.50. The average Bonchev–Trinajstić information content (AvgIpc) is 3.34. The van der Waals surface area contributed by atoms with Gasteiger partial charge in [0.15, 0.2) is 23.0 Å². The highest BCUT2D eigenvalue weighted by Crippen LogP contribution is 2.36. The highest BCUT2D eigenvalue weighted by atomic mass is 32.2. The maximum Gasteiger partial charge on any atom is 0.308 e. The van der Waals surface area contributed by atoms with Crippen molar-refractivity contribution < 1.29 is 38.1 Å². The molecule has 4 rings (SSSR count). The second kappa shape index (κ2) is 9.25. The smallest absolute Gasteiger partial charge is 0.308 e. The van der Waals surface area contributed by atoms with Crippen LogP contribution in [0.5, 0.6) is 23.0 Å². The van der Waals surface area contributed by atoms with Crippen LogP contribution >= 0.6 is 11.8 Å². The van der Waals surface area contributed by atoms with E-state index in [-0.39, 0.29) is 17.4 Å². The Bertz CT molecular complexity index is 1190. The molecule has 2 aliphatic rings. The molecule has 3 amide bonds. The number of nitrogens with one attached hydrogen (secondary N) is 1. The van der Waals surface area contributed by atoms with Crippen LogP contribution in [0.4, 0.5) is 10.5 Å². The molecule has 1 saturated heterocycles. The topological polar surface area (TPSA) is 120 Å². The molecule has 2 aliphatic heterocycles. The molecule has 10 nitrogen and oxygen atoms in total. The lowest BCUT2D eigenvalue weighted by Crippen LogP contribution is -2.36. The number of amides is 3. The molecule has 2 aromatic carbocycles. The minimum Gasteiger partial charge on any atom is -0.493 e. The van der Waals surface area contributed by atoms with Crippen molar-refractivity contribution in [3.63, 3.8) is 0 Å².